The average molecular weight is 318 g/mol. The van der Waals surface area contributed by atoms with E-state index in [1.807, 2.05) is 30.3 Å². The fraction of sp³-hybridized carbons (Fsp3) is 0.105. The number of rotatable bonds is 6. The quantitative estimate of drug-likeness (QED) is 0.542. The van der Waals surface area contributed by atoms with E-state index in [9.17, 15) is 4.79 Å². The maximum Gasteiger partial charge on any atom is 0.244 e. The van der Waals surface area contributed by atoms with Gasteiger partial charge >= 0.3 is 0 Å². The van der Waals surface area contributed by atoms with Crippen molar-refractivity contribution in [1.29, 1.82) is 0 Å². The van der Waals surface area contributed by atoms with Crippen LogP contribution in [0.25, 0.3) is 16.8 Å². The molecule has 3 aromatic rings. The maximum atomic E-state index is 11.9. The number of nitrogens with zero attached hydrogens (tertiary/aromatic N) is 2. The molecule has 1 amide bonds. The highest BCUT2D eigenvalue weighted by Crippen LogP contribution is 2.19. The standard InChI is InChI=1S/C19H18N4O/c24-19(23-13-12-22-18-14-20-10-11-21-18)9-8-16-6-3-5-15-4-1-2-7-17(15)16/h1-11,14H,12-13H2,(H,21,22)(H,23,24)/b9-8-. The molecule has 24 heavy (non-hydrogen) atoms. The first kappa shape index (κ1) is 15.7. The van der Waals surface area contributed by atoms with Crippen LogP contribution in [0.5, 0.6) is 0 Å². The molecule has 5 nitrogen and oxygen atoms in total. The van der Waals surface area contributed by atoms with Crippen LogP contribution < -0.4 is 10.6 Å². The Balaban J connectivity index is 1.52. The summed E-state index contributed by atoms with van der Waals surface area (Å²) in [7, 11) is 0. The third-order valence-corrected chi connectivity index (χ3v) is 3.53. The minimum atomic E-state index is -0.121. The molecule has 1 heterocycles. The van der Waals surface area contributed by atoms with Crippen LogP contribution in [0.1, 0.15) is 5.56 Å². The van der Waals surface area contributed by atoms with Gasteiger partial charge in [-0.3, -0.25) is 9.78 Å². The van der Waals surface area contributed by atoms with E-state index in [4.69, 9.17) is 0 Å². The summed E-state index contributed by atoms with van der Waals surface area (Å²) in [5.74, 6) is 0.571. The van der Waals surface area contributed by atoms with Gasteiger partial charge in [-0.15, -0.1) is 0 Å². The summed E-state index contributed by atoms with van der Waals surface area (Å²) in [6, 6.07) is 14.2. The second kappa shape index (κ2) is 7.87. The molecule has 0 saturated carbocycles. The minimum absolute atomic E-state index is 0.121. The summed E-state index contributed by atoms with van der Waals surface area (Å²) in [4.78, 5) is 20.0. The Kier molecular flexibility index (Phi) is 5.14. The first-order valence-corrected chi connectivity index (χ1v) is 7.76. The zero-order valence-corrected chi connectivity index (χ0v) is 13.1. The molecule has 0 atom stereocenters. The summed E-state index contributed by atoms with van der Waals surface area (Å²) >= 11 is 0. The highest BCUT2D eigenvalue weighted by Gasteiger charge is 1.99. The summed E-state index contributed by atoms with van der Waals surface area (Å²) in [5.41, 5.74) is 1.03. The lowest BCUT2D eigenvalue weighted by Crippen LogP contribution is -2.27. The van der Waals surface area contributed by atoms with Crippen molar-refractivity contribution in [3.63, 3.8) is 0 Å². The third kappa shape index (κ3) is 4.16. The molecular weight excluding hydrogens is 300 g/mol. The maximum absolute atomic E-state index is 11.9. The first-order chi connectivity index (χ1) is 11.8. The van der Waals surface area contributed by atoms with Crippen LogP contribution in [-0.4, -0.2) is 29.0 Å². The van der Waals surface area contributed by atoms with Crippen LogP contribution in [0, 0.1) is 0 Å². The van der Waals surface area contributed by atoms with Crippen LogP contribution >= 0.6 is 0 Å². The van der Waals surface area contributed by atoms with E-state index in [0.717, 1.165) is 16.3 Å². The third-order valence-electron chi connectivity index (χ3n) is 3.53. The summed E-state index contributed by atoms with van der Waals surface area (Å²) in [6.07, 6.45) is 8.28. The second-order valence-electron chi connectivity index (χ2n) is 5.21. The molecule has 0 saturated heterocycles. The molecule has 120 valence electrons. The largest absolute Gasteiger partial charge is 0.367 e. The van der Waals surface area contributed by atoms with Gasteiger partial charge in [0.25, 0.3) is 0 Å². The number of hydrogen-bond acceptors (Lipinski definition) is 4. The van der Waals surface area contributed by atoms with Crippen molar-refractivity contribution in [2.24, 2.45) is 0 Å². The highest BCUT2D eigenvalue weighted by atomic mass is 16.1. The molecule has 3 rings (SSSR count). The lowest BCUT2D eigenvalue weighted by atomic mass is 10.0. The molecule has 0 aliphatic heterocycles. The smallest absolute Gasteiger partial charge is 0.244 e. The number of carbonyl (C=O) groups excluding carboxylic acids is 1. The van der Waals surface area contributed by atoms with E-state index in [1.165, 1.54) is 0 Å². The van der Waals surface area contributed by atoms with Crippen LogP contribution in [0.3, 0.4) is 0 Å². The van der Waals surface area contributed by atoms with E-state index < -0.39 is 0 Å². The van der Waals surface area contributed by atoms with Gasteiger partial charge in [0, 0.05) is 31.6 Å². The van der Waals surface area contributed by atoms with Gasteiger partial charge < -0.3 is 10.6 Å². The van der Waals surface area contributed by atoms with Crippen molar-refractivity contribution in [1.82, 2.24) is 15.3 Å². The molecule has 0 fully saturated rings. The number of benzene rings is 2. The van der Waals surface area contributed by atoms with E-state index >= 15 is 0 Å². The van der Waals surface area contributed by atoms with Crippen LogP contribution in [0.2, 0.25) is 0 Å². The fourth-order valence-electron chi connectivity index (χ4n) is 2.39. The van der Waals surface area contributed by atoms with Crippen molar-refractivity contribution in [3.05, 3.63) is 72.7 Å². The van der Waals surface area contributed by atoms with Gasteiger partial charge in [0.05, 0.1) is 6.20 Å². The minimum Gasteiger partial charge on any atom is -0.367 e. The topological polar surface area (TPSA) is 66.9 Å². The van der Waals surface area contributed by atoms with Gasteiger partial charge in [0.2, 0.25) is 5.91 Å². The summed E-state index contributed by atoms with van der Waals surface area (Å²) in [5, 5.41) is 8.21. The summed E-state index contributed by atoms with van der Waals surface area (Å²) < 4.78 is 0. The van der Waals surface area contributed by atoms with Gasteiger partial charge in [-0.25, -0.2) is 4.98 Å². The molecule has 0 aliphatic carbocycles. The molecule has 0 unspecified atom stereocenters. The number of carbonyl (C=O) groups is 1. The predicted molar refractivity (Wildman–Crippen MR) is 96.5 cm³/mol. The molecule has 0 radical (unpaired) electrons. The Morgan fingerprint density at radius 2 is 1.92 bits per heavy atom. The molecular formula is C19H18N4O. The monoisotopic (exact) mass is 318 g/mol. The molecule has 5 heteroatoms. The average Bonchev–Trinajstić information content (AvgIpc) is 2.64. The lowest BCUT2D eigenvalue weighted by Gasteiger charge is -2.05. The molecule has 0 bridgehead atoms. The second-order valence-corrected chi connectivity index (χ2v) is 5.21. The number of amides is 1. The van der Waals surface area contributed by atoms with Gasteiger partial charge in [-0.2, -0.15) is 0 Å². The Morgan fingerprint density at radius 1 is 1.04 bits per heavy atom. The zero-order chi connectivity index (χ0) is 16.6. The predicted octanol–water partition coefficient (Wildman–Crippen LogP) is 2.87. The molecule has 0 aliphatic rings. The van der Waals surface area contributed by atoms with Crippen LogP contribution in [0.4, 0.5) is 5.82 Å². The Hall–Kier alpha value is -3.21. The number of anilines is 1. The van der Waals surface area contributed by atoms with Gasteiger partial charge in [-0.1, -0.05) is 42.5 Å². The van der Waals surface area contributed by atoms with Crippen molar-refractivity contribution < 1.29 is 4.79 Å². The lowest BCUT2D eigenvalue weighted by molar-refractivity contribution is -0.116. The molecule has 2 N–H and O–H groups in total. The number of fused-ring (bicyclic) bond motifs is 1. The Bertz CT molecular complexity index is 841. The summed E-state index contributed by atoms with van der Waals surface area (Å²) in [6.45, 7) is 1.10. The molecule has 0 spiro atoms. The van der Waals surface area contributed by atoms with Crippen molar-refractivity contribution in [3.8, 4) is 0 Å². The molecule has 2 aromatic carbocycles. The van der Waals surface area contributed by atoms with Gasteiger partial charge in [0.1, 0.15) is 5.82 Å². The first-order valence-electron chi connectivity index (χ1n) is 7.76. The van der Waals surface area contributed by atoms with E-state index in [1.54, 1.807) is 24.7 Å². The Morgan fingerprint density at radius 3 is 2.79 bits per heavy atom. The van der Waals surface area contributed by atoms with E-state index in [-0.39, 0.29) is 5.91 Å². The van der Waals surface area contributed by atoms with Crippen molar-refractivity contribution in [2.75, 3.05) is 18.4 Å². The van der Waals surface area contributed by atoms with Gasteiger partial charge in [0.15, 0.2) is 0 Å². The van der Waals surface area contributed by atoms with Crippen molar-refractivity contribution >= 4 is 28.6 Å². The highest BCUT2D eigenvalue weighted by molar-refractivity contribution is 5.96. The number of aromatic nitrogens is 2. The number of hydrogen-bond donors (Lipinski definition) is 2. The SMILES string of the molecule is O=C(/C=C\c1cccc2ccccc12)NCCNc1cnccn1. The van der Waals surface area contributed by atoms with E-state index in [0.29, 0.717) is 18.9 Å². The number of nitrogens with one attached hydrogen (secondary N) is 2. The zero-order valence-electron chi connectivity index (χ0n) is 13.1. The molecule has 1 aromatic heterocycles. The van der Waals surface area contributed by atoms with Crippen molar-refractivity contribution in [2.45, 2.75) is 0 Å². The van der Waals surface area contributed by atoms with Gasteiger partial charge in [-0.05, 0) is 22.4 Å². The normalized spacial score (nSPS) is 10.8. The fourth-order valence-corrected chi connectivity index (χ4v) is 2.39. The van der Waals surface area contributed by atoms with E-state index in [2.05, 4.69) is 38.8 Å². The van der Waals surface area contributed by atoms with Crippen LogP contribution in [0.15, 0.2) is 67.1 Å². The Labute approximate surface area is 140 Å². The van der Waals surface area contributed by atoms with Crippen LogP contribution in [-0.2, 0) is 4.79 Å².